The standard InChI is InChI=1S/C65H66N4O15/c1-3-5-10-29-50(54(4-2)69(44-70)84-64(76)52-30-19-20-31-56(52)78-38-45-21-11-6-12-22-45)61(73)66-43-67-63(75)57-35-34-55(83-57)49-32-33-51(58(36-49)79-42-60(72)81-40-47-25-15-8-16-26-47)62(74)68-53(65(77)82-41-48-27-17-9-18-28-48)37-59(71)80-39-46-23-13-7-14-24-46/h6-9,11-28,30-36,44,50,53-54H,3-5,10,29,37-43H2,1-2H3,(H,66,73)(H,67,75)(H,68,74). The molecule has 0 fully saturated rings. The first kappa shape index (κ1) is 61.6. The van der Waals surface area contributed by atoms with E-state index in [1.54, 1.807) is 104 Å². The highest BCUT2D eigenvalue weighted by molar-refractivity contribution is 6.00. The third kappa shape index (κ3) is 18.8. The van der Waals surface area contributed by atoms with Gasteiger partial charge in [-0.15, -0.1) is 0 Å². The third-order valence-corrected chi connectivity index (χ3v) is 13.2. The fourth-order valence-electron chi connectivity index (χ4n) is 8.73. The van der Waals surface area contributed by atoms with Crippen LogP contribution in [0.25, 0.3) is 11.3 Å². The summed E-state index contributed by atoms with van der Waals surface area (Å²) in [6.45, 7) is 2.66. The van der Waals surface area contributed by atoms with Crippen molar-refractivity contribution in [3.8, 4) is 22.8 Å². The normalized spacial score (nSPS) is 11.8. The molecule has 0 saturated carbocycles. The van der Waals surface area contributed by atoms with Gasteiger partial charge in [0.25, 0.3) is 11.8 Å². The van der Waals surface area contributed by atoms with Gasteiger partial charge in [0.2, 0.25) is 12.3 Å². The number of carbonyl (C=O) groups excluding carboxylic acids is 8. The van der Waals surface area contributed by atoms with E-state index in [-0.39, 0.29) is 73.7 Å². The number of hydrogen-bond acceptors (Lipinski definition) is 15. The van der Waals surface area contributed by atoms with Crippen LogP contribution in [0.5, 0.6) is 11.5 Å². The lowest BCUT2D eigenvalue weighted by atomic mass is 9.90. The predicted octanol–water partition coefficient (Wildman–Crippen LogP) is 9.63. The Kier molecular flexibility index (Phi) is 23.8. The van der Waals surface area contributed by atoms with Gasteiger partial charge >= 0.3 is 23.9 Å². The molecular weight excluding hydrogens is 1080 g/mol. The number of ether oxygens (including phenoxy) is 5. The Labute approximate surface area is 486 Å². The zero-order chi connectivity index (χ0) is 59.5. The molecule has 0 saturated heterocycles. The van der Waals surface area contributed by atoms with Crippen molar-refractivity contribution in [2.75, 3.05) is 13.3 Å². The van der Waals surface area contributed by atoms with Gasteiger partial charge in [-0.1, -0.05) is 173 Å². The van der Waals surface area contributed by atoms with Crippen LogP contribution in [0.2, 0.25) is 0 Å². The summed E-state index contributed by atoms with van der Waals surface area (Å²) in [7, 11) is 0. The monoisotopic (exact) mass is 1140 g/mol. The van der Waals surface area contributed by atoms with Crippen molar-refractivity contribution < 1.29 is 71.3 Å². The molecule has 3 N–H and O–H groups in total. The summed E-state index contributed by atoms with van der Waals surface area (Å²) in [6, 6.07) is 47.2. The zero-order valence-corrected chi connectivity index (χ0v) is 46.6. The molecule has 1 heterocycles. The van der Waals surface area contributed by atoms with E-state index >= 15 is 0 Å². The van der Waals surface area contributed by atoms with E-state index in [1.165, 1.54) is 36.4 Å². The molecule has 0 spiro atoms. The number of amides is 4. The second-order valence-corrected chi connectivity index (χ2v) is 19.2. The van der Waals surface area contributed by atoms with Crippen LogP contribution < -0.4 is 25.4 Å². The summed E-state index contributed by atoms with van der Waals surface area (Å²) < 4.78 is 34.2. The molecule has 19 nitrogen and oxygen atoms in total. The first-order valence-electron chi connectivity index (χ1n) is 27.5. The van der Waals surface area contributed by atoms with Crippen LogP contribution in [0, 0.1) is 5.92 Å². The molecule has 6 aromatic carbocycles. The van der Waals surface area contributed by atoms with Crippen LogP contribution in [0.4, 0.5) is 0 Å². The summed E-state index contributed by atoms with van der Waals surface area (Å²) in [5, 5.41) is 8.79. The summed E-state index contributed by atoms with van der Waals surface area (Å²) in [6.07, 6.45) is 2.60. The topological polar surface area (TPSA) is 244 Å². The Morgan fingerprint density at radius 2 is 1.15 bits per heavy atom. The maximum Gasteiger partial charge on any atom is 0.366 e. The van der Waals surface area contributed by atoms with Gasteiger partial charge in [-0.25, -0.2) is 14.4 Å². The Balaban J connectivity index is 1.03. The molecule has 1 aromatic heterocycles. The number of para-hydroxylation sites is 1. The smallest absolute Gasteiger partial charge is 0.366 e. The zero-order valence-electron chi connectivity index (χ0n) is 46.6. The molecule has 4 amide bonds. The fourth-order valence-corrected chi connectivity index (χ4v) is 8.73. The number of unbranched alkanes of at least 4 members (excludes halogenated alkanes) is 2. The van der Waals surface area contributed by atoms with Gasteiger partial charge in [-0.2, -0.15) is 5.06 Å². The lowest BCUT2D eigenvalue weighted by molar-refractivity contribution is -0.171. The number of carbonyl (C=O) groups is 8. The van der Waals surface area contributed by atoms with Gasteiger partial charge in [0, 0.05) is 5.56 Å². The maximum absolute atomic E-state index is 14.2. The molecule has 3 unspecified atom stereocenters. The van der Waals surface area contributed by atoms with Gasteiger partial charge in [0.1, 0.15) is 55.3 Å². The largest absolute Gasteiger partial charge is 0.488 e. The van der Waals surface area contributed by atoms with Gasteiger partial charge in [0.05, 0.1) is 30.6 Å². The number of hydrogen-bond donors (Lipinski definition) is 3. The molecule has 3 atom stereocenters. The summed E-state index contributed by atoms with van der Waals surface area (Å²) in [4.78, 5) is 114. The van der Waals surface area contributed by atoms with Crippen LogP contribution in [0.1, 0.15) is 106 Å². The van der Waals surface area contributed by atoms with Crippen LogP contribution in [0.15, 0.2) is 180 Å². The number of nitrogens with zero attached hydrogens (tertiary/aromatic N) is 1. The molecule has 7 aromatic rings. The average molecular weight is 1140 g/mol. The quantitative estimate of drug-likeness (QED) is 0.00887. The number of hydroxylamine groups is 2. The molecule has 0 aliphatic heterocycles. The molecule has 0 aliphatic rings. The second-order valence-electron chi connectivity index (χ2n) is 19.2. The first-order valence-corrected chi connectivity index (χ1v) is 27.5. The van der Waals surface area contributed by atoms with E-state index in [0.717, 1.165) is 29.0 Å². The lowest BCUT2D eigenvalue weighted by Gasteiger charge is -2.32. The molecule has 0 bridgehead atoms. The molecule has 84 heavy (non-hydrogen) atoms. The van der Waals surface area contributed by atoms with Gasteiger partial charge in [0.15, 0.2) is 12.4 Å². The molecule has 19 heteroatoms. The van der Waals surface area contributed by atoms with E-state index in [4.69, 9.17) is 32.9 Å². The van der Waals surface area contributed by atoms with E-state index in [9.17, 15) is 38.4 Å². The highest BCUT2D eigenvalue weighted by Gasteiger charge is 2.34. The second kappa shape index (κ2) is 32.4. The maximum atomic E-state index is 14.2. The van der Waals surface area contributed by atoms with E-state index in [2.05, 4.69) is 16.0 Å². The van der Waals surface area contributed by atoms with Crippen LogP contribution in [-0.4, -0.2) is 78.4 Å². The van der Waals surface area contributed by atoms with Gasteiger partial charge in [-0.05, 0) is 71.5 Å². The first-order chi connectivity index (χ1) is 40.9. The highest BCUT2D eigenvalue weighted by atomic mass is 16.7. The van der Waals surface area contributed by atoms with E-state index in [1.807, 2.05) is 49.4 Å². The number of nitrogens with one attached hydrogen (secondary N) is 3. The Bertz CT molecular complexity index is 3280. The summed E-state index contributed by atoms with van der Waals surface area (Å²) >= 11 is 0. The minimum absolute atomic E-state index is 0.0536. The molecular formula is C65H66N4O15. The van der Waals surface area contributed by atoms with E-state index < -0.39 is 72.6 Å². The highest BCUT2D eigenvalue weighted by Crippen LogP contribution is 2.30. The SMILES string of the molecule is CCCCCC(C(=O)NCNC(=O)c1ccc(-c2ccc(C(=O)NC(CC(=O)OCc3ccccc3)C(=O)OCc3ccccc3)c(OCC(=O)OCc3ccccc3)c2)o1)C(CC)N(C=O)OC(=O)c1ccccc1OCc1ccccc1. The predicted molar refractivity (Wildman–Crippen MR) is 307 cm³/mol. The van der Waals surface area contributed by atoms with Crippen molar-refractivity contribution in [3.05, 3.63) is 215 Å². The minimum atomic E-state index is -1.53. The summed E-state index contributed by atoms with van der Waals surface area (Å²) in [5.41, 5.74) is 3.19. The van der Waals surface area contributed by atoms with Crippen molar-refractivity contribution in [3.63, 3.8) is 0 Å². The number of benzene rings is 6. The average Bonchev–Trinajstić information content (AvgIpc) is 4.01. The van der Waals surface area contributed by atoms with Crippen LogP contribution in [0.3, 0.4) is 0 Å². The minimum Gasteiger partial charge on any atom is -0.488 e. The lowest BCUT2D eigenvalue weighted by Crippen LogP contribution is -2.49. The molecule has 7 rings (SSSR count). The number of furan rings is 1. The Morgan fingerprint density at radius 3 is 1.76 bits per heavy atom. The number of esters is 3. The van der Waals surface area contributed by atoms with Crippen molar-refractivity contribution >= 4 is 48.0 Å². The van der Waals surface area contributed by atoms with Gasteiger partial charge < -0.3 is 48.9 Å². The van der Waals surface area contributed by atoms with E-state index in [0.29, 0.717) is 35.9 Å². The molecule has 436 valence electrons. The van der Waals surface area contributed by atoms with Crippen molar-refractivity contribution in [1.82, 2.24) is 21.0 Å². The van der Waals surface area contributed by atoms with Crippen molar-refractivity contribution in [2.24, 2.45) is 5.92 Å². The molecule has 0 aliphatic carbocycles. The Morgan fingerprint density at radius 1 is 0.571 bits per heavy atom. The molecule has 0 radical (unpaired) electrons. The number of rotatable bonds is 32. The van der Waals surface area contributed by atoms with Crippen molar-refractivity contribution in [1.29, 1.82) is 0 Å². The Hall–Kier alpha value is -10.0. The fraction of sp³-hybridized carbons (Fsp3) is 0.262. The van der Waals surface area contributed by atoms with Crippen LogP contribution >= 0.6 is 0 Å². The van der Waals surface area contributed by atoms with Gasteiger partial charge in [-0.3, -0.25) is 24.0 Å². The van der Waals surface area contributed by atoms with Crippen molar-refractivity contribution in [2.45, 2.75) is 90.9 Å². The van der Waals surface area contributed by atoms with Crippen LogP contribution in [-0.2, 0) is 69.4 Å². The third-order valence-electron chi connectivity index (χ3n) is 13.2. The summed E-state index contributed by atoms with van der Waals surface area (Å²) in [5.74, 6) is -6.24.